The second kappa shape index (κ2) is 10.4. The van der Waals surface area contributed by atoms with Crippen molar-refractivity contribution in [3.05, 3.63) is 54.6 Å². The zero-order valence-electron chi connectivity index (χ0n) is 21.0. The van der Waals surface area contributed by atoms with E-state index in [0.29, 0.717) is 18.3 Å². The minimum absolute atomic E-state index is 0.0332. The highest BCUT2D eigenvalue weighted by molar-refractivity contribution is 5.84. The molecule has 3 heterocycles. The van der Waals surface area contributed by atoms with Crippen LogP contribution in [0.5, 0.6) is 0 Å². The number of amides is 1. The first-order chi connectivity index (χ1) is 17.5. The number of hydrogen-bond donors (Lipinski definition) is 3. The highest BCUT2D eigenvalue weighted by Crippen LogP contribution is 2.29. The van der Waals surface area contributed by atoms with Crippen LogP contribution in [0.1, 0.15) is 58.1 Å². The largest absolute Gasteiger partial charge is 0.464 e. The molecule has 1 aromatic carbocycles. The van der Waals surface area contributed by atoms with Crippen LogP contribution >= 0.6 is 0 Å². The maximum Gasteiger partial charge on any atom is 0.227 e. The molecular weight excluding hydrogens is 454 g/mol. The molecule has 1 fully saturated rings. The van der Waals surface area contributed by atoms with E-state index >= 15 is 0 Å². The number of rotatable bonds is 8. The van der Waals surface area contributed by atoms with E-state index in [0.717, 1.165) is 53.7 Å². The van der Waals surface area contributed by atoms with Gasteiger partial charge in [-0.3, -0.25) is 4.79 Å². The highest BCUT2D eigenvalue weighted by atomic mass is 16.3. The lowest BCUT2D eigenvalue weighted by Crippen LogP contribution is -2.39. The fourth-order valence-corrected chi connectivity index (χ4v) is 4.83. The second-order valence-electron chi connectivity index (χ2n) is 9.70. The van der Waals surface area contributed by atoms with Gasteiger partial charge in [-0.25, -0.2) is 4.98 Å². The van der Waals surface area contributed by atoms with Crippen molar-refractivity contribution >= 4 is 28.8 Å². The molecule has 0 atom stereocenters. The predicted octanol–water partition coefficient (Wildman–Crippen LogP) is 5.14. The molecule has 1 amide bonds. The molecule has 0 bridgehead atoms. The van der Waals surface area contributed by atoms with E-state index in [1.807, 2.05) is 42.7 Å². The summed E-state index contributed by atoms with van der Waals surface area (Å²) in [5, 5.41) is 10.1. The number of nitrogens with zero attached hydrogens (tertiary/aromatic N) is 4. The summed E-state index contributed by atoms with van der Waals surface area (Å²) in [5.74, 6) is 2.15. The molecule has 9 nitrogen and oxygen atoms in total. The van der Waals surface area contributed by atoms with Crippen molar-refractivity contribution in [3.8, 4) is 11.3 Å². The van der Waals surface area contributed by atoms with Crippen LogP contribution in [0.25, 0.3) is 22.5 Å². The minimum atomic E-state index is 0.0332. The van der Waals surface area contributed by atoms with Gasteiger partial charge in [-0.1, -0.05) is 30.3 Å². The van der Waals surface area contributed by atoms with Crippen LogP contribution in [0.15, 0.2) is 53.4 Å². The summed E-state index contributed by atoms with van der Waals surface area (Å²) in [5.41, 5.74) is 3.62. The first-order valence-corrected chi connectivity index (χ1v) is 12.6. The van der Waals surface area contributed by atoms with Crippen molar-refractivity contribution in [1.82, 2.24) is 24.8 Å². The molecule has 0 saturated heterocycles. The van der Waals surface area contributed by atoms with Gasteiger partial charge in [0.15, 0.2) is 17.0 Å². The molecule has 3 N–H and O–H groups in total. The Balaban J connectivity index is 1.37. The van der Waals surface area contributed by atoms with Crippen LogP contribution < -0.4 is 16.0 Å². The maximum absolute atomic E-state index is 11.4. The Kier molecular flexibility index (Phi) is 6.88. The third-order valence-electron chi connectivity index (χ3n) is 6.67. The number of nitrogens with one attached hydrogen (secondary N) is 3. The lowest BCUT2D eigenvalue weighted by atomic mass is 9.91. The third kappa shape index (κ3) is 5.19. The van der Waals surface area contributed by atoms with Crippen molar-refractivity contribution in [3.63, 3.8) is 0 Å². The van der Waals surface area contributed by atoms with Crippen LogP contribution in [0.3, 0.4) is 0 Å². The molecule has 1 saturated carbocycles. The van der Waals surface area contributed by atoms with Gasteiger partial charge in [0.2, 0.25) is 11.9 Å². The highest BCUT2D eigenvalue weighted by Gasteiger charge is 2.23. The molecule has 9 heteroatoms. The number of fused-ring (bicyclic) bond motifs is 1. The van der Waals surface area contributed by atoms with Gasteiger partial charge >= 0.3 is 0 Å². The van der Waals surface area contributed by atoms with E-state index in [-0.39, 0.29) is 24.0 Å². The molecule has 4 aromatic rings. The fraction of sp³-hybridized carbons (Fsp3) is 0.407. The monoisotopic (exact) mass is 487 g/mol. The molecular formula is C27H33N7O2. The zero-order chi connectivity index (χ0) is 25.1. The van der Waals surface area contributed by atoms with Crippen LogP contribution in [0.2, 0.25) is 0 Å². The molecule has 36 heavy (non-hydrogen) atoms. The number of carbonyl (C=O) groups is 1. The molecule has 0 spiro atoms. The average Bonchev–Trinajstić information content (AvgIpc) is 3.51. The van der Waals surface area contributed by atoms with E-state index in [9.17, 15) is 4.79 Å². The summed E-state index contributed by atoms with van der Waals surface area (Å²) in [7, 11) is 0. The van der Waals surface area contributed by atoms with Crippen molar-refractivity contribution in [2.45, 2.75) is 71.1 Å². The number of furan rings is 1. The molecule has 1 aliphatic rings. The number of aromatic nitrogens is 4. The standard InChI is InChI=1S/C27H33N7O2/c1-17(2)34-16-29-23-25(28-15-20-13-14-36-24(20)19-7-5-4-6-8-19)32-27(33-26(23)34)31-22-11-9-21(10-12-22)30-18(3)35/h4-8,13-14,16-17,21-22H,9-12,15H2,1-3H3,(H,30,35)(H2,28,31,32,33). The first-order valence-electron chi connectivity index (χ1n) is 12.6. The Morgan fingerprint density at radius 2 is 1.83 bits per heavy atom. The molecule has 5 rings (SSSR count). The maximum atomic E-state index is 11.4. The summed E-state index contributed by atoms with van der Waals surface area (Å²) < 4.78 is 7.85. The van der Waals surface area contributed by atoms with Crippen LogP contribution in [0.4, 0.5) is 11.8 Å². The number of imidazole rings is 1. The molecule has 0 aliphatic heterocycles. The van der Waals surface area contributed by atoms with Gasteiger partial charge in [-0.05, 0) is 45.6 Å². The Bertz CT molecular complexity index is 1320. The minimum Gasteiger partial charge on any atom is -0.464 e. The van der Waals surface area contributed by atoms with Gasteiger partial charge in [0.1, 0.15) is 5.76 Å². The summed E-state index contributed by atoms with van der Waals surface area (Å²) in [6, 6.07) is 12.8. The van der Waals surface area contributed by atoms with Crippen molar-refractivity contribution < 1.29 is 9.21 Å². The summed E-state index contributed by atoms with van der Waals surface area (Å²) in [4.78, 5) is 25.7. The number of benzene rings is 1. The van der Waals surface area contributed by atoms with E-state index in [4.69, 9.17) is 14.4 Å². The van der Waals surface area contributed by atoms with Crippen LogP contribution in [0, 0.1) is 0 Å². The fourth-order valence-electron chi connectivity index (χ4n) is 4.83. The van der Waals surface area contributed by atoms with Crippen LogP contribution in [-0.2, 0) is 11.3 Å². The van der Waals surface area contributed by atoms with E-state index in [2.05, 4.69) is 39.3 Å². The van der Waals surface area contributed by atoms with Gasteiger partial charge in [-0.2, -0.15) is 9.97 Å². The smallest absolute Gasteiger partial charge is 0.227 e. The number of hydrogen-bond acceptors (Lipinski definition) is 7. The van der Waals surface area contributed by atoms with Crippen molar-refractivity contribution in [1.29, 1.82) is 0 Å². The van der Waals surface area contributed by atoms with Gasteiger partial charge in [0.05, 0.1) is 12.6 Å². The first kappa shape index (κ1) is 23.8. The Labute approximate surface area is 210 Å². The molecule has 0 unspecified atom stereocenters. The van der Waals surface area contributed by atoms with Crippen LogP contribution in [-0.4, -0.2) is 37.5 Å². The Morgan fingerprint density at radius 3 is 2.56 bits per heavy atom. The predicted molar refractivity (Wildman–Crippen MR) is 141 cm³/mol. The normalized spacial score (nSPS) is 17.9. The van der Waals surface area contributed by atoms with Gasteiger partial charge in [-0.15, -0.1) is 0 Å². The number of anilines is 2. The van der Waals surface area contributed by atoms with E-state index < -0.39 is 0 Å². The second-order valence-corrected chi connectivity index (χ2v) is 9.70. The van der Waals surface area contributed by atoms with Gasteiger partial charge in [0, 0.05) is 42.7 Å². The number of carbonyl (C=O) groups excluding carboxylic acids is 1. The van der Waals surface area contributed by atoms with E-state index in [1.165, 1.54) is 0 Å². The Hall–Kier alpha value is -3.88. The summed E-state index contributed by atoms with van der Waals surface area (Å²) in [6.07, 6.45) is 7.33. The summed E-state index contributed by atoms with van der Waals surface area (Å²) in [6.45, 7) is 6.35. The molecule has 188 valence electrons. The van der Waals surface area contributed by atoms with E-state index in [1.54, 1.807) is 13.2 Å². The average molecular weight is 488 g/mol. The van der Waals surface area contributed by atoms with Crippen molar-refractivity contribution in [2.24, 2.45) is 0 Å². The lowest BCUT2D eigenvalue weighted by Gasteiger charge is -2.29. The molecule has 0 radical (unpaired) electrons. The van der Waals surface area contributed by atoms with Gasteiger partial charge in [0.25, 0.3) is 0 Å². The summed E-state index contributed by atoms with van der Waals surface area (Å²) >= 11 is 0. The molecule has 3 aromatic heterocycles. The zero-order valence-corrected chi connectivity index (χ0v) is 21.0. The van der Waals surface area contributed by atoms with Crippen molar-refractivity contribution in [2.75, 3.05) is 10.6 Å². The third-order valence-corrected chi connectivity index (χ3v) is 6.67. The topological polar surface area (TPSA) is 110 Å². The molecule has 1 aliphatic carbocycles. The quantitative estimate of drug-likeness (QED) is 0.316. The Morgan fingerprint density at radius 1 is 1.08 bits per heavy atom. The lowest BCUT2D eigenvalue weighted by molar-refractivity contribution is -0.119. The van der Waals surface area contributed by atoms with Gasteiger partial charge < -0.3 is 24.9 Å². The SMILES string of the molecule is CC(=O)NC1CCC(Nc2nc(NCc3ccoc3-c3ccccc3)c3ncn(C(C)C)c3n2)CC1.